The van der Waals surface area contributed by atoms with Crippen molar-refractivity contribution < 1.29 is 68.7 Å². The van der Waals surface area contributed by atoms with Gasteiger partial charge in [-0.3, -0.25) is 9.59 Å². The predicted molar refractivity (Wildman–Crippen MR) is 204 cm³/mol. The highest BCUT2D eigenvalue weighted by atomic mass is 16.8. The Morgan fingerprint density at radius 1 is 0.897 bits per heavy atom. The van der Waals surface area contributed by atoms with Crippen molar-refractivity contribution in [2.24, 2.45) is 0 Å². The summed E-state index contributed by atoms with van der Waals surface area (Å²) >= 11 is 0. The number of benzene rings is 3. The lowest BCUT2D eigenvalue weighted by atomic mass is 9.91. The third kappa shape index (κ3) is 9.54. The van der Waals surface area contributed by atoms with Gasteiger partial charge < -0.3 is 65.0 Å². The van der Waals surface area contributed by atoms with Gasteiger partial charge in [0.25, 0.3) is 0 Å². The summed E-state index contributed by atoms with van der Waals surface area (Å²) in [6.45, 7) is 0.302. The molecule has 0 radical (unpaired) electrons. The minimum atomic E-state index is -1.56. The van der Waals surface area contributed by atoms with Gasteiger partial charge in [0, 0.05) is 29.7 Å². The van der Waals surface area contributed by atoms with Crippen molar-refractivity contribution in [1.82, 2.24) is 10.6 Å². The molecule has 8 N–H and O–H groups in total. The first-order chi connectivity index (χ1) is 27.9. The highest BCUT2D eigenvalue weighted by molar-refractivity contribution is 5.97. The smallest absolute Gasteiger partial charge is 0.338 e. The molecule has 0 saturated carbocycles. The molecule has 0 unspecified atom stereocenters. The predicted octanol–water partition coefficient (Wildman–Crippen LogP) is 0.0312. The van der Waals surface area contributed by atoms with Crippen molar-refractivity contribution in [2.45, 2.75) is 80.3 Å². The molecule has 1 aliphatic carbocycles. The van der Waals surface area contributed by atoms with Crippen molar-refractivity contribution in [1.29, 1.82) is 0 Å². The minimum absolute atomic E-state index is 0.0546. The Labute approximate surface area is 334 Å². The molecule has 2 aliphatic heterocycles. The number of carbonyl (C=O) groups is 3. The number of carbonyl (C=O) groups excluding carboxylic acids is 3. The van der Waals surface area contributed by atoms with E-state index in [-0.39, 0.29) is 37.3 Å². The van der Waals surface area contributed by atoms with Gasteiger partial charge in [-0.05, 0) is 30.7 Å². The van der Waals surface area contributed by atoms with Crippen LogP contribution >= 0.6 is 0 Å². The summed E-state index contributed by atoms with van der Waals surface area (Å²) in [5, 5.41) is 64.0. The van der Waals surface area contributed by atoms with E-state index in [1.165, 1.54) is 6.92 Å². The van der Waals surface area contributed by atoms with Gasteiger partial charge in [0.2, 0.25) is 17.6 Å². The topological polar surface area (TPSA) is 243 Å². The quantitative estimate of drug-likeness (QED) is 0.0947. The lowest BCUT2D eigenvalue weighted by Gasteiger charge is -2.39. The summed E-state index contributed by atoms with van der Waals surface area (Å²) in [7, 11) is 0. The van der Waals surface area contributed by atoms with Gasteiger partial charge in [-0.2, -0.15) is 0 Å². The fourth-order valence-electron chi connectivity index (χ4n) is 7.00. The molecule has 3 aromatic carbocycles. The molecular formula is C42H48N2O14. The molecule has 58 heavy (non-hydrogen) atoms. The number of esters is 1. The number of rotatable bonds is 15. The average Bonchev–Trinajstić information content (AvgIpc) is 3.65. The van der Waals surface area contributed by atoms with Crippen molar-refractivity contribution in [3.63, 3.8) is 0 Å². The number of hydrogen-bond acceptors (Lipinski definition) is 14. The largest absolute Gasteiger partial charge is 0.456 e. The minimum Gasteiger partial charge on any atom is -0.456 e. The van der Waals surface area contributed by atoms with Crippen LogP contribution in [0.15, 0.2) is 103 Å². The number of nitrogens with one attached hydrogen (secondary N) is 2. The molecule has 0 aromatic heterocycles. The lowest BCUT2D eigenvalue weighted by molar-refractivity contribution is -0.298. The van der Waals surface area contributed by atoms with Crippen molar-refractivity contribution in [3.05, 3.63) is 125 Å². The molecule has 16 nitrogen and oxygen atoms in total. The van der Waals surface area contributed by atoms with E-state index in [0.29, 0.717) is 16.7 Å². The third-order valence-corrected chi connectivity index (χ3v) is 10.1. The Balaban J connectivity index is 1.20. The SMILES string of the molecule is C[C@H](O)[C@@H](NC(=O)C1=C[C@H]2OC(c3ccccc3)(c3ccccc3)O[C@H]2[C@H](OC(=O)c2ccc(C=CCO[C@H]3O[C@H](CO)[C@H](O)[C@H](O)[C@H]3O)cc2)C1)C(=O)NCCO. The number of fused-ring (bicyclic) bond motifs is 1. The van der Waals surface area contributed by atoms with Gasteiger partial charge in [0.15, 0.2) is 6.29 Å². The first-order valence-electron chi connectivity index (χ1n) is 18.9. The van der Waals surface area contributed by atoms with Crippen LogP contribution in [0.5, 0.6) is 0 Å². The number of hydrogen-bond donors (Lipinski definition) is 8. The van der Waals surface area contributed by atoms with Gasteiger partial charge in [-0.1, -0.05) is 84.9 Å². The van der Waals surface area contributed by atoms with Crippen LogP contribution in [0.2, 0.25) is 0 Å². The second-order valence-electron chi connectivity index (χ2n) is 14.1. The second-order valence-corrected chi connectivity index (χ2v) is 14.1. The van der Waals surface area contributed by atoms with E-state index in [1.807, 2.05) is 60.7 Å². The number of aliphatic hydroxyl groups is 6. The summed E-state index contributed by atoms with van der Waals surface area (Å²) in [6, 6.07) is 23.5. The zero-order valence-corrected chi connectivity index (χ0v) is 31.6. The summed E-state index contributed by atoms with van der Waals surface area (Å²) in [4.78, 5) is 40.3. The molecule has 2 fully saturated rings. The Hall–Kier alpha value is -4.85. The summed E-state index contributed by atoms with van der Waals surface area (Å²) in [5.41, 5.74) is 2.32. The van der Waals surface area contributed by atoms with Gasteiger partial charge >= 0.3 is 5.97 Å². The maximum absolute atomic E-state index is 13.8. The maximum Gasteiger partial charge on any atom is 0.338 e. The van der Waals surface area contributed by atoms with Gasteiger partial charge in [0.1, 0.15) is 48.8 Å². The third-order valence-electron chi connectivity index (χ3n) is 10.1. The molecule has 2 heterocycles. The molecule has 16 heteroatoms. The van der Waals surface area contributed by atoms with Crippen LogP contribution in [0, 0.1) is 0 Å². The van der Waals surface area contributed by atoms with E-state index in [0.717, 1.165) is 0 Å². The van der Waals surface area contributed by atoms with Crippen molar-refractivity contribution in [3.8, 4) is 0 Å². The van der Waals surface area contributed by atoms with Crippen molar-refractivity contribution in [2.75, 3.05) is 26.4 Å². The molecule has 310 valence electrons. The summed E-state index contributed by atoms with van der Waals surface area (Å²) < 4.78 is 30.4. The number of ether oxygens (including phenoxy) is 5. The number of aliphatic hydroxyl groups excluding tert-OH is 6. The van der Waals surface area contributed by atoms with E-state index >= 15 is 0 Å². The Morgan fingerprint density at radius 3 is 2.16 bits per heavy atom. The highest BCUT2D eigenvalue weighted by Gasteiger charge is 2.55. The molecule has 6 rings (SSSR count). The van der Waals surface area contributed by atoms with Crippen LogP contribution in [0.4, 0.5) is 0 Å². The first kappa shape index (κ1) is 42.7. The van der Waals surface area contributed by atoms with E-state index in [4.69, 9.17) is 28.8 Å². The Bertz CT molecular complexity index is 1870. The van der Waals surface area contributed by atoms with E-state index in [1.54, 1.807) is 42.5 Å². The molecule has 10 atom stereocenters. The molecule has 0 bridgehead atoms. The van der Waals surface area contributed by atoms with E-state index < -0.39 is 91.3 Å². The molecule has 3 aromatic rings. The standard InChI is InChI=1S/C42H48N2O14/c1-24(47)33(39(52)43-18-19-45)44-38(51)27-21-30(37-31(22-27)57-42(58-37,28-10-4-2-5-11-28)29-12-6-3-7-13-29)55-40(53)26-16-14-25(15-17-26)9-8-20-54-41-36(50)35(49)34(48)32(23-46)56-41/h2-17,22,24,30-37,41,45-50H,18-21,23H2,1H3,(H,43,52)(H,44,51)/t24-,30+,31+,32+,33+,34-,35-,36+,37-,41-/m0/s1. The van der Waals surface area contributed by atoms with Crippen LogP contribution in [0.3, 0.4) is 0 Å². The zero-order chi connectivity index (χ0) is 41.4. The van der Waals surface area contributed by atoms with Crippen LogP contribution in [-0.4, -0.2) is 136 Å². The van der Waals surface area contributed by atoms with Crippen LogP contribution in [-0.2, 0) is 39.1 Å². The van der Waals surface area contributed by atoms with Crippen LogP contribution < -0.4 is 10.6 Å². The zero-order valence-electron chi connectivity index (χ0n) is 31.6. The van der Waals surface area contributed by atoms with Gasteiger partial charge in [-0.25, -0.2) is 4.79 Å². The summed E-state index contributed by atoms with van der Waals surface area (Å²) in [6.07, 6.45) is -6.35. The monoisotopic (exact) mass is 804 g/mol. The summed E-state index contributed by atoms with van der Waals surface area (Å²) in [5.74, 6) is -3.55. The van der Waals surface area contributed by atoms with Crippen molar-refractivity contribution >= 4 is 23.9 Å². The van der Waals surface area contributed by atoms with Gasteiger partial charge in [0.05, 0.1) is 31.5 Å². The second kappa shape index (κ2) is 19.3. The van der Waals surface area contributed by atoms with E-state index in [9.17, 15) is 39.9 Å². The molecule has 3 aliphatic rings. The molecular weight excluding hydrogens is 756 g/mol. The highest BCUT2D eigenvalue weighted by Crippen LogP contribution is 2.47. The van der Waals surface area contributed by atoms with E-state index in [2.05, 4.69) is 10.6 Å². The normalized spacial score (nSPS) is 27.5. The Kier molecular flexibility index (Phi) is 14.2. The van der Waals surface area contributed by atoms with Gasteiger partial charge in [-0.15, -0.1) is 0 Å². The fraction of sp³-hybridized carbons (Fsp3) is 0.405. The fourth-order valence-corrected chi connectivity index (χ4v) is 7.00. The average molecular weight is 805 g/mol. The van der Waals surface area contributed by atoms with Crippen LogP contribution in [0.1, 0.15) is 40.4 Å². The first-order valence-corrected chi connectivity index (χ1v) is 18.9. The Morgan fingerprint density at radius 2 is 1.55 bits per heavy atom. The lowest BCUT2D eigenvalue weighted by Crippen LogP contribution is -2.59. The molecule has 0 spiro atoms. The molecule has 2 amide bonds. The maximum atomic E-state index is 13.8. The number of amides is 2. The van der Waals surface area contributed by atoms with Crippen LogP contribution in [0.25, 0.3) is 6.08 Å². The molecule has 2 saturated heterocycles.